The topological polar surface area (TPSA) is 149 Å². The molecule has 0 heterocycles. The molecular formula is C42H75O10P. The molecule has 0 aliphatic rings. The zero-order chi connectivity index (χ0) is 39.1. The Bertz CT molecular complexity index is 1030. The van der Waals surface area contributed by atoms with E-state index in [0.717, 1.165) is 89.9 Å². The summed E-state index contributed by atoms with van der Waals surface area (Å²) in [6, 6.07) is 0. The molecule has 0 rings (SSSR count). The zero-order valence-electron chi connectivity index (χ0n) is 33.2. The molecule has 0 aromatic heterocycles. The fourth-order valence-corrected chi connectivity index (χ4v) is 6.02. The molecule has 0 aliphatic heterocycles. The summed E-state index contributed by atoms with van der Waals surface area (Å²) in [5.74, 6) is -0.960. The molecular weight excluding hydrogens is 695 g/mol. The Kier molecular flexibility index (Phi) is 36.7. The highest BCUT2D eigenvalue weighted by Crippen LogP contribution is 2.43. The highest BCUT2D eigenvalue weighted by atomic mass is 31.2. The van der Waals surface area contributed by atoms with Crippen molar-refractivity contribution in [3.05, 3.63) is 48.6 Å². The predicted molar refractivity (Wildman–Crippen MR) is 214 cm³/mol. The van der Waals surface area contributed by atoms with E-state index in [1.807, 2.05) is 0 Å². The molecule has 53 heavy (non-hydrogen) atoms. The standard InChI is InChI=1S/C42H75O10P/c1-3-5-7-9-11-13-15-17-19-21-23-25-27-29-31-33-41(45)49-37-40(38-51-53(47,48)50-36-39(44)35-43)52-42(46)34-32-30-28-26-24-22-20-18-16-14-12-10-8-6-4-2/h11-14,17-20,39-40,43-44H,3-10,15-16,21-38H2,1-2H3,(H,47,48)/b13-11-,14-12-,19-17-,20-18-/t39-,40+/m0/s1. The fourth-order valence-electron chi connectivity index (χ4n) is 5.23. The Morgan fingerprint density at radius 3 is 1.45 bits per heavy atom. The second-order valence-corrected chi connectivity index (χ2v) is 15.1. The molecule has 0 amide bonds. The molecule has 308 valence electrons. The molecule has 11 heteroatoms. The van der Waals surface area contributed by atoms with Gasteiger partial charge in [-0.1, -0.05) is 127 Å². The number of carbonyl (C=O) groups excluding carboxylic acids is 2. The average molecular weight is 771 g/mol. The van der Waals surface area contributed by atoms with Gasteiger partial charge in [0.05, 0.1) is 19.8 Å². The van der Waals surface area contributed by atoms with Crippen molar-refractivity contribution in [3.8, 4) is 0 Å². The van der Waals surface area contributed by atoms with Gasteiger partial charge < -0.3 is 24.6 Å². The first-order valence-electron chi connectivity index (χ1n) is 20.6. The third-order valence-corrected chi connectivity index (χ3v) is 9.41. The van der Waals surface area contributed by atoms with Crippen molar-refractivity contribution in [2.45, 2.75) is 180 Å². The molecule has 0 saturated carbocycles. The van der Waals surface area contributed by atoms with Crippen LogP contribution < -0.4 is 0 Å². The summed E-state index contributed by atoms with van der Waals surface area (Å²) in [6.07, 6.45) is 39.3. The Balaban J connectivity index is 4.39. The lowest BCUT2D eigenvalue weighted by molar-refractivity contribution is -0.161. The summed E-state index contributed by atoms with van der Waals surface area (Å²) in [6.45, 7) is 2.28. The lowest BCUT2D eigenvalue weighted by atomic mass is 10.1. The van der Waals surface area contributed by atoms with Crippen molar-refractivity contribution in [3.63, 3.8) is 0 Å². The third kappa shape index (κ3) is 38.0. The molecule has 0 spiro atoms. The molecule has 0 bridgehead atoms. The van der Waals surface area contributed by atoms with Crippen LogP contribution in [0.1, 0.15) is 168 Å². The van der Waals surface area contributed by atoms with Gasteiger partial charge >= 0.3 is 19.8 Å². The maximum atomic E-state index is 12.6. The Morgan fingerprint density at radius 1 is 0.566 bits per heavy atom. The van der Waals surface area contributed by atoms with Crippen LogP contribution >= 0.6 is 7.82 Å². The van der Waals surface area contributed by atoms with Gasteiger partial charge in [0.15, 0.2) is 6.10 Å². The number of phosphoric ester groups is 1. The second-order valence-electron chi connectivity index (χ2n) is 13.7. The number of allylic oxidation sites excluding steroid dienone is 8. The highest BCUT2D eigenvalue weighted by molar-refractivity contribution is 7.47. The molecule has 0 aromatic carbocycles. The van der Waals surface area contributed by atoms with E-state index in [1.165, 1.54) is 38.5 Å². The summed E-state index contributed by atoms with van der Waals surface area (Å²) >= 11 is 0. The average Bonchev–Trinajstić information content (AvgIpc) is 3.14. The fraction of sp³-hybridized carbons (Fsp3) is 0.762. The summed E-state index contributed by atoms with van der Waals surface area (Å²) in [4.78, 5) is 34.9. The van der Waals surface area contributed by atoms with Gasteiger partial charge in [-0.25, -0.2) is 4.57 Å². The zero-order valence-corrected chi connectivity index (χ0v) is 34.1. The first-order valence-corrected chi connectivity index (χ1v) is 22.1. The van der Waals surface area contributed by atoms with Crippen LogP contribution in [-0.2, 0) is 32.7 Å². The molecule has 0 aliphatic carbocycles. The predicted octanol–water partition coefficient (Wildman–Crippen LogP) is 10.6. The van der Waals surface area contributed by atoms with E-state index in [1.54, 1.807) is 0 Å². The number of phosphoric acid groups is 1. The molecule has 0 aromatic rings. The van der Waals surface area contributed by atoms with Crippen LogP contribution in [0.5, 0.6) is 0 Å². The van der Waals surface area contributed by atoms with Crippen LogP contribution in [0.2, 0.25) is 0 Å². The van der Waals surface area contributed by atoms with E-state index in [0.29, 0.717) is 12.8 Å². The summed E-state index contributed by atoms with van der Waals surface area (Å²) in [5.41, 5.74) is 0. The number of hydrogen-bond donors (Lipinski definition) is 3. The van der Waals surface area contributed by atoms with Gasteiger partial charge in [0.1, 0.15) is 12.7 Å². The van der Waals surface area contributed by atoms with Gasteiger partial charge in [-0.15, -0.1) is 0 Å². The lowest BCUT2D eigenvalue weighted by Gasteiger charge is -2.20. The van der Waals surface area contributed by atoms with Gasteiger partial charge in [0.25, 0.3) is 0 Å². The summed E-state index contributed by atoms with van der Waals surface area (Å²) < 4.78 is 32.6. The first-order chi connectivity index (χ1) is 25.7. The maximum Gasteiger partial charge on any atom is 0.472 e. The van der Waals surface area contributed by atoms with Crippen LogP contribution in [-0.4, -0.2) is 65.7 Å². The molecule has 10 nitrogen and oxygen atoms in total. The molecule has 1 unspecified atom stereocenters. The van der Waals surface area contributed by atoms with Crippen molar-refractivity contribution < 1.29 is 47.8 Å². The number of aliphatic hydroxyl groups excluding tert-OH is 2. The molecule has 0 saturated heterocycles. The van der Waals surface area contributed by atoms with Crippen LogP contribution in [0.4, 0.5) is 0 Å². The van der Waals surface area contributed by atoms with Gasteiger partial charge in [-0.05, 0) is 77.0 Å². The molecule has 0 fully saturated rings. The SMILES string of the molecule is CCCCC/C=C\C/C=C\CCCCCCCC(=O)OC[C@H](COP(=O)(O)OC[C@@H](O)CO)OC(=O)CCCCCCC/C=C\C/C=C\CCCCC. The van der Waals surface area contributed by atoms with Crippen molar-refractivity contribution >= 4 is 19.8 Å². The molecule has 3 atom stereocenters. The number of rotatable bonds is 38. The first kappa shape index (κ1) is 50.9. The van der Waals surface area contributed by atoms with Gasteiger partial charge in [-0.3, -0.25) is 18.6 Å². The summed E-state index contributed by atoms with van der Waals surface area (Å²) in [5, 5.41) is 18.3. The minimum absolute atomic E-state index is 0.164. The van der Waals surface area contributed by atoms with Crippen LogP contribution in [0.25, 0.3) is 0 Å². The van der Waals surface area contributed by atoms with E-state index >= 15 is 0 Å². The van der Waals surface area contributed by atoms with E-state index < -0.39 is 51.8 Å². The lowest BCUT2D eigenvalue weighted by Crippen LogP contribution is -2.29. The van der Waals surface area contributed by atoms with Crippen LogP contribution in [0, 0.1) is 0 Å². The number of esters is 2. The molecule has 0 radical (unpaired) electrons. The van der Waals surface area contributed by atoms with Crippen molar-refractivity contribution in [1.82, 2.24) is 0 Å². The van der Waals surface area contributed by atoms with Crippen molar-refractivity contribution in [1.29, 1.82) is 0 Å². The van der Waals surface area contributed by atoms with Gasteiger partial charge in [0.2, 0.25) is 0 Å². The minimum Gasteiger partial charge on any atom is -0.462 e. The van der Waals surface area contributed by atoms with Crippen molar-refractivity contribution in [2.75, 3.05) is 26.4 Å². The number of carbonyl (C=O) groups is 2. The van der Waals surface area contributed by atoms with E-state index in [2.05, 4.69) is 67.0 Å². The van der Waals surface area contributed by atoms with Gasteiger partial charge in [-0.2, -0.15) is 0 Å². The Hall–Kier alpha value is -2.07. The van der Waals surface area contributed by atoms with E-state index in [4.69, 9.17) is 19.1 Å². The van der Waals surface area contributed by atoms with Crippen molar-refractivity contribution in [2.24, 2.45) is 0 Å². The maximum absolute atomic E-state index is 12.6. The largest absolute Gasteiger partial charge is 0.472 e. The van der Waals surface area contributed by atoms with Gasteiger partial charge in [0, 0.05) is 12.8 Å². The second kappa shape index (κ2) is 38.2. The normalized spacial score (nSPS) is 14.4. The quantitative estimate of drug-likeness (QED) is 0.0240. The smallest absolute Gasteiger partial charge is 0.462 e. The summed E-state index contributed by atoms with van der Waals surface area (Å²) in [7, 11) is -4.62. The third-order valence-electron chi connectivity index (χ3n) is 8.46. The van der Waals surface area contributed by atoms with Crippen LogP contribution in [0.3, 0.4) is 0 Å². The number of hydrogen-bond acceptors (Lipinski definition) is 9. The number of unbranched alkanes of at least 4 members (excludes halogenated alkanes) is 16. The number of ether oxygens (including phenoxy) is 2. The molecule has 3 N–H and O–H groups in total. The Morgan fingerprint density at radius 2 is 0.981 bits per heavy atom. The highest BCUT2D eigenvalue weighted by Gasteiger charge is 2.27. The van der Waals surface area contributed by atoms with Crippen LogP contribution in [0.15, 0.2) is 48.6 Å². The Labute approximate surface area is 322 Å². The monoisotopic (exact) mass is 771 g/mol. The van der Waals surface area contributed by atoms with E-state index in [-0.39, 0.29) is 19.4 Å². The van der Waals surface area contributed by atoms with E-state index in [9.17, 15) is 24.2 Å². The minimum atomic E-state index is -4.62. The number of aliphatic hydroxyl groups is 2.